The molecule has 0 saturated carbocycles. The summed E-state index contributed by atoms with van der Waals surface area (Å²) in [6, 6.07) is 4.69. The molecule has 100 valence electrons. The lowest BCUT2D eigenvalue weighted by Crippen LogP contribution is -2.05. The van der Waals surface area contributed by atoms with Crippen molar-refractivity contribution in [3.8, 4) is 11.4 Å². The molecule has 0 atom stereocenters. The fraction of sp³-hybridized carbons (Fsp3) is 0.214. The van der Waals surface area contributed by atoms with Crippen molar-refractivity contribution in [2.45, 2.75) is 6.92 Å². The number of methoxy groups -OCH3 is 1. The summed E-state index contributed by atoms with van der Waals surface area (Å²) in [5.74, 6) is 0.508. The normalized spacial score (nSPS) is 10.3. The number of nitrogens with zero attached hydrogens (tertiary/aromatic N) is 2. The largest absolute Gasteiger partial charge is 0.494 e. The van der Waals surface area contributed by atoms with Gasteiger partial charge in [0, 0.05) is 18.8 Å². The number of anilines is 1. The summed E-state index contributed by atoms with van der Waals surface area (Å²) in [6.45, 7) is 6.16. The standard InChI is InChI=1S/C14H16FN3O/c1-4-7-16-14-17-10(2)9-18(14)11-5-6-12(15)13(8-11)19-3/h4-6,8-9H,1,7H2,2-3H3,(H,16,17). The molecule has 1 heterocycles. The number of imidazole rings is 1. The second-order valence-electron chi connectivity index (χ2n) is 4.06. The Morgan fingerprint density at radius 3 is 3.00 bits per heavy atom. The molecule has 0 amide bonds. The number of halogens is 1. The number of rotatable bonds is 5. The van der Waals surface area contributed by atoms with Crippen LogP contribution in [0.5, 0.6) is 5.75 Å². The molecule has 4 nitrogen and oxygen atoms in total. The first-order valence-electron chi connectivity index (χ1n) is 5.90. The van der Waals surface area contributed by atoms with Gasteiger partial charge in [-0.3, -0.25) is 4.57 Å². The average molecular weight is 261 g/mol. The number of nitrogens with one attached hydrogen (secondary N) is 1. The predicted octanol–water partition coefficient (Wildman–Crippen LogP) is 2.93. The quantitative estimate of drug-likeness (QED) is 0.841. The van der Waals surface area contributed by atoms with Crippen molar-refractivity contribution in [2.24, 2.45) is 0 Å². The van der Waals surface area contributed by atoms with Crippen molar-refractivity contribution in [3.05, 3.63) is 48.6 Å². The molecule has 0 aliphatic rings. The average Bonchev–Trinajstić information content (AvgIpc) is 2.78. The molecule has 0 aliphatic carbocycles. The molecular formula is C14H16FN3O. The summed E-state index contributed by atoms with van der Waals surface area (Å²) in [5.41, 5.74) is 1.65. The van der Waals surface area contributed by atoms with E-state index in [1.54, 1.807) is 18.2 Å². The van der Waals surface area contributed by atoms with Gasteiger partial charge in [0.2, 0.25) is 5.95 Å². The molecule has 1 N–H and O–H groups in total. The predicted molar refractivity (Wildman–Crippen MR) is 73.5 cm³/mol. The van der Waals surface area contributed by atoms with E-state index in [9.17, 15) is 4.39 Å². The number of benzene rings is 1. The molecule has 2 aromatic rings. The molecule has 0 radical (unpaired) electrons. The number of aromatic nitrogens is 2. The first-order chi connectivity index (χ1) is 9.15. The van der Waals surface area contributed by atoms with Crippen LogP contribution in [0.3, 0.4) is 0 Å². The minimum atomic E-state index is -0.385. The topological polar surface area (TPSA) is 39.1 Å². The minimum absolute atomic E-state index is 0.207. The van der Waals surface area contributed by atoms with Crippen LogP contribution in [-0.4, -0.2) is 23.2 Å². The second-order valence-corrected chi connectivity index (χ2v) is 4.06. The lowest BCUT2D eigenvalue weighted by Gasteiger charge is -2.10. The fourth-order valence-electron chi connectivity index (χ4n) is 1.78. The Hall–Kier alpha value is -2.30. The van der Waals surface area contributed by atoms with E-state index in [2.05, 4.69) is 16.9 Å². The van der Waals surface area contributed by atoms with Crippen LogP contribution in [-0.2, 0) is 0 Å². The Bertz CT molecular complexity index is 592. The molecular weight excluding hydrogens is 245 g/mol. The highest BCUT2D eigenvalue weighted by Crippen LogP contribution is 2.23. The molecule has 0 fully saturated rings. The zero-order valence-corrected chi connectivity index (χ0v) is 11.0. The molecule has 0 unspecified atom stereocenters. The number of hydrogen-bond donors (Lipinski definition) is 1. The first-order valence-corrected chi connectivity index (χ1v) is 5.90. The smallest absolute Gasteiger partial charge is 0.207 e. The van der Waals surface area contributed by atoms with Crippen molar-refractivity contribution < 1.29 is 9.13 Å². The summed E-state index contributed by atoms with van der Waals surface area (Å²) in [5, 5.41) is 3.13. The molecule has 1 aromatic carbocycles. The van der Waals surface area contributed by atoms with Crippen molar-refractivity contribution in [3.63, 3.8) is 0 Å². The van der Waals surface area contributed by atoms with Gasteiger partial charge in [0.25, 0.3) is 0 Å². The third-order valence-corrected chi connectivity index (χ3v) is 2.64. The van der Waals surface area contributed by atoms with E-state index in [0.717, 1.165) is 11.4 Å². The number of hydrogen-bond acceptors (Lipinski definition) is 3. The van der Waals surface area contributed by atoms with Crippen LogP contribution in [0.4, 0.5) is 10.3 Å². The summed E-state index contributed by atoms with van der Waals surface area (Å²) in [4.78, 5) is 4.37. The third-order valence-electron chi connectivity index (χ3n) is 2.64. The van der Waals surface area contributed by atoms with Crippen molar-refractivity contribution in [2.75, 3.05) is 19.0 Å². The monoisotopic (exact) mass is 261 g/mol. The van der Waals surface area contributed by atoms with E-state index in [4.69, 9.17) is 4.74 Å². The van der Waals surface area contributed by atoms with E-state index in [1.165, 1.54) is 13.2 Å². The van der Waals surface area contributed by atoms with E-state index in [1.807, 2.05) is 17.7 Å². The molecule has 0 saturated heterocycles. The van der Waals surface area contributed by atoms with Crippen molar-refractivity contribution >= 4 is 5.95 Å². The van der Waals surface area contributed by atoms with Gasteiger partial charge in [-0.15, -0.1) is 6.58 Å². The summed E-state index contributed by atoms with van der Waals surface area (Å²) in [6.07, 6.45) is 3.62. The summed E-state index contributed by atoms with van der Waals surface area (Å²) in [7, 11) is 1.44. The highest BCUT2D eigenvalue weighted by molar-refractivity contribution is 5.47. The lowest BCUT2D eigenvalue weighted by atomic mass is 10.3. The Balaban J connectivity index is 2.42. The van der Waals surface area contributed by atoms with Crippen LogP contribution in [0.1, 0.15) is 5.69 Å². The van der Waals surface area contributed by atoms with Crippen LogP contribution >= 0.6 is 0 Å². The second kappa shape index (κ2) is 5.56. The van der Waals surface area contributed by atoms with Crippen LogP contribution in [0.15, 0.2) is 37.1 Å². The Morgan fingerprint density at radius 1 is 1.53 bits per heavy atom. The lowest BCUT2D eigenvalue weighted by molar-refractivity contribution is 0.386. The van der Waals surface area contributed by atoms with E-state index in [0.29, 0.717) is 12.5 Å². The molecule has 5 heteroatoms. The highest BCUT2D eigenvalue weighted by atomic mass is 19.1. The maximum Gasteiger partial charge on any atom is 0.207 e. The van der Waals surface area contributed by atoms with Gasteiger partial charge in [-0.1, -0.05) is 6.08 Å². The van der Waals surface area contributed by atoms with Gasteiger partial charge in [-0.25, -0.2) is 9.37 Å². The zero-order chi connectivity index (χ0) is 13.8. The van der Waals surface area contributed by atoms with Gasteiger partial charge in [0.1, 0.15) is 0 Å². The Morgan fingerprint density at radius 2 is 2.32 bits per heavy atom. The zero-order valence-electron chi connectivity index (χ0n) is 11.0. The maximum atomic E-state index is 13.4. The Labute approximate surface area is 111 Å². The maximum absolute atomic E-state index is 13.4. The summed E-state index contributed by atoms with van der Waals surface area (Å²) >= 11 is 0. The number of aryl methyl sites for hydroxylation is 1. The van der Waals surface area contributed by atoms with Gasteiger partial charge >= 0.3 is 0 Å². The van der Waals surface area contributed by atoms with Crippen molar-refractivity contribution in [1.82, 2.24) is 9.55 Å². The Kier molecular flexibility index (Phi) is 3.85. The number of ether oxygens (including phenoxy) is 1. The van der Waals surface area contributed by atoms with E-state index in [-0.39, 0.29) is 11.6 Å². The molecule has 1 aromatic heterocycles. The molecule has 2 rings (SSSR count). The molecule has 0 bridgehead atoms. The van der Waals surface area contributed by atoms with Gasteiger partial charge in [-0.2, -0.15) is 0 Å². The SMILES string of the molecule is C=CCNc1nc(C)cn1-c1ccc(F)c(OC)c1. The molecule has 19 heavy (non-hydrogen) atoms. The van der Waals surface area contributed by atoms with Gasteiger partial charge < -0.3 is 10.1 Å². The van der Waals surface area contributed by atoms with E-state index < -0.39 is 0 Å². The fourth-order valence-corrected chi connectivity index (χ4v) is 1.78. The van der Waals surface area contributed by atoms with Crippen LogP contribution in [0, 0.1) is 12.7 Å². The third kappa shape index (κ3) is 2.76. The molecule has 0 spiro atoms. The van der Waals surface area contributed by atoms with Crippen LogP contribution in [0.25, 0.3) is 5.69 Å². The van der Waals surface area contributed by atoms with Gasteiger partial charge in [0.15, 0.2) is 11.6 Å². The first kappa shape index (κ1) is 13.1. The van der Waals surface area contributed by atoms with E-state index >= 15 is 0 Å². The summed E-state index contributed by atoms with van der Waals surface area (Å²) < 4.78 is 20.3. The van der Waals surface area contributed by atoms with Crippen molar-refractivity contribution in [1.29, 1.82) is 0 Å². The van der Waals surface area contributed by atoms with Gasteiger partial charge in [0.05, 0.1) is 18.5 Å². The van der Waals surface area contributed by atoms with Gasteiger partial charge in [-0.05, 0) is 19.1 Å². The van der Waals surface area contributed by atoms with Crippen LogP contribution < -0.4 is 10.1 Å². The highest BCUT2D eigenvalue weighted by Gasteiger charge is 2.09. The van der Waals surface area contributed by atoms with Crippen LogP contribution in [0.2, 0.25) is 0 Å². The molecule has 0 aliphatic heterocycles. The minimum Gasteiger partial charge on any atom is -0.494 e.